The summed E-state index contributed by atoms with van der Waals surface area (Å²) in [5.74, 6) is 2.13. The van der Waals surface area contributed by atoms with E-state index in [9.17, 15) is 5.11 Å². The number of hydrogen-bond acceptors (Lipinski definition) is 6. The Bertz CT molecular complexity index is 1080. The Balaban J connectivity index is 1.78. The lowest BCUT2D eigenvalue weighted by molar-refractivity contribution is 0.357. The summed E-state index contributed by atoms with van der Waals surface area (Å²) < 4.78 is 16.2. The van der Waals surface area contributed by atoms with Crippen LogP contribution < -0.4 is 19.5 Å². The number of aromatic hydroxyl groups is 1. The summed E-state index contributed by atoms with van der Waals surface area (Å²) in [6.07, 6.45) is 0.274. The maximum absolute atomic E-state index is 10.8. The molecule has 6 heteroatoms. The van der Waals surface area contributed by atoms with Gasteiger partial charge >= 0.3 is 0 Å². The van der Waals surface area contributed by atoms with E-state index in [1.165, 1.54) is 0 Å². The molecule has 0 bridgehead atoms. The number of aliphatic imine (C=N–C) groups is 1. The Morgan fingerprint density at radius 1 is 0.806 bits per heavy atom. The second-order valence-electron chi connectivity index (χ2n) is 7.27. The lowest BCUT2D eigenvalue weighted by Crippen LogP contribution is -2.33. The van der Waals surface area contributed by atoms with Gasteiger partial charge in [-0.1, -0.05) is 30.3 Å². The van der Waals surface area contributed by atoms with Gasteiger partial charge in [-0.25, -0.2) is 0 Å². The van der Waals surface area contributed by atoms with Gasteiger partial charge in [-0.3, -0.25) is 10.3 Å². The molecule has 0 aliphatic carbocycles. The molecule has 3 aromatic carbocycles. The number of nitrogens with one attached hydrogen (secondary N) is 1. The number of nitrogens with zero attached hydrogens (tertiary/aromatic N) is 1. The van der Waals surface area contributed by atoms with E-state index < -0.39 is 0 Å². The SMILES string of the molecule is COc1ccc(C2=NC(c3ccccc3OC)NC(c3cccc(OC)c3O)C2)cc1. The van der Waals surface area contributed by atoms with Crippen molar-refractivity contribution in [1.29, 1.82) is 0 Å². The van der Waals surface area contributed by atoms with Gasteiger partial charge in [0.15, 0.2) is 11.5 Å². The molecule has 2 N–H and O–H groups in total. The smallest absolute Gasteiger partial charge is 0.162 e. The molecule has 0 fully saturated rings. The molecule has 3 aromatic rings. The molecular weight excluding hydrogens is 392 g/mol. The summed E-state index contributed by atoms with van der Waals surface area (Å²) in [5.41, 5.74) is 3.64. The number of hydrogen-bond donors (Lipinski definition) is 2. The first kappa shape index (κ1) is 20.8. The first-order valence-corrected chi connectivity index (χ1v) is 10.1. The summed E-state index contributed by atoms with van der Waals surface area (Å²) in [6.45, 7) is 0. The van der Waals surface area contributed by atoms with E-state index in [4.69, 9.17) is 19.2 Å². The first-order chi connectivity index (χ1) is 15.1. The van der Waals surface area contributed by atoms with E-state index in [1.807, 2.05) is 60.7 Å². The van der Waals surface area contributed by atoms with Gasteiger partial charge in [0.2, 0.25) is 0 Å². The highest BCUT2D eigenvalue weighted by atomic mass is 16.5. The fourth-order valence-corrected chi connectivity index (χ4v) is 3.90. The van der Waals surface area contributed by atoms with Gasteiger partial charge in [0.25, 0.3) is 0 Å². The highest BCUT2D eigenvalue weighted by Gasteiger charge is 2.29. The number of ether oxygens (including phenoxy) is 3. The minimum Gasteiger partial charge on any atom is -0.504 e. The Labute approximate surface area is 182 Å². The molecule has 31 heavy (non-hydrogen) atoms. The van der Waals surface area contributed by atoms with Crippen LogP contribution in [0.3, 0.4) is 0 Å². The van der Waals surface area contributed by atoms with E-state index >= 15 is 0 Å². The van der Waals surface area contributed by atoms with Gasteiger partial charge in [-0.05, 0) is 42.0 Å². The van der Waals surface area contributed by atoms with Crippen molar-refractivity contribution >= 4 is 5.71 Å². The zero-order valence-corrected chi connectivity index (χ0v) is 17.8. The molecule has 0 saturated carbocycles. The maximum atomic E-state index is 10.8. The molecular formula is C25H26N2O4. The molecule has 6 nitrogen and oxygen atoms in total. The highest BCUT2D eigenvalue weighted by Crippen LogP contribution is 2.40. The molecule has 1 heterocycles. The molecule has 0 saturated heterocycles. The fraction of sp³-hybridized carbons (Fsp3) is 0.240. The van der Waals surface area contributed by atoms with Gasteiger partial charge in [-0.15, -0.1) is 0 Å². The topological polar surface area (TPSA) is 72.3 Å². The van der Waals surface area contributed by atoms with Crippen molar-refractivity contribution in [3.8, 4) is 23.0 Å². The predicted octanol–water partition coefficient (Wildman–Crippen LogP) is 4.64. The standard InChI is InChI=1S/C25H26N2O4/c1-29-17-13-11-16(12-14-17)20-15-21(18-8-6-10-23(31-3)24(18)28)27-25(26-20)19-7-4-5-9-22(19)30-2/h4-14,21,25,27-28H,15H2,1-3H3. The molecule has 0 aromatic heterocycles. The zero-order valence-electron chi connectivity index (χ0n) is 17.8. The minimum absolute atomic E-state index is 0.136. The van der Waals surface area contributed by atoms with Crippen LogP contribution >= 0.6 is 0 Å². The van der Waals surface area contributed by atoms with Crippen molar-refractivity contribution < 1.29 is 19.3 Å². The second kappa shape index (κ2) is 9.10. The first-order valence-electron chi connectivity index (χ1n) is 10.1. The third kappa shape index (κ3) is 4.20. The number of phenolic OH excluding ortho intramolecular Hbond substituents is 1. The molecule has 2 atom stereocenters. The van der Waals surface area contributed by atoms with Crippen LogP contribution in [0.4, 0.5) is 0 Å². The third-order valence-electron chi connectivity index (χ3n) is 5.52. The highest BCUT2D eigenvalue weighted by molar-refractivity contribution is 6.01. The molecule has 4 rings (SSSR count). The van der Waals surface area contributed by atoms with Crippen molar-refractivity contribution in [3.63, 3.8) is 0 Å². The average molecular weight is 418 g/mol. The Kier molecular flexibility index (Phi) is 6.09. The van der Waals surface area contributed by atoms with Crippen molar-refractivity contribution in [2.24, 2.45) is 4.99 Å². The van der Waals surface area contributed by atoms with Gasteiger partial charge < -0.3 is 19.3 Å². The fourth-order valence-electron chi connectivity index (χ4n) is 3.90. The largest absolute Gasteiger partial charge is 0.504 e. The van der Waals surface area contributed by atoms with Crippen LogP contribution in [0.25, 0.3) is 0 Å². The third-order valence-corrected chi connectivity index (χ3v) is 5.52. The van der Waals surface area contributed by atoms with Crippen molar-refractivity contribution in [1.82, 2.24) is 5.32 Å². The summed E-state index contributed by atoms with van der Waals surface area (Å²) in [5, 5.41) is 14.3. The van der Waals surface area contributed by atoms with E-state index in [-0.39, 0.29) is 18.0 Å². The number of methoxy groups -OCH3 is 3. The molecule has 0 radical (unpaired) electrons. The lowest BCUT2D eigenvalue weighted by atomic mass is 9.93. The Morgan fingerprint density at radius 3 is 2.19 bits per heavy atom. The maximum Gasteiger partial charge on any atom is 0.162 e. The monoisotopic (exact) mass is 418 g/mol. The summed E-state index contributed by atoms with van der Waals surface area (Å²) >= 11 is 0. The predicted molar refractivity (Wildman–Crippen MR) is 120 cm³/mol. The van der Waals surface area contributed by atoms with Crippen LogP contribution in [-0.2, 0) is 0 Å². The molecule has 1 aliphatic rings. The Hall–Kier alpha value is -3.51. The number of para-hydroxylation sites is 2. The van der Waals surface area contributed by atoms with Crippen LogP contribution in [0, 0.1) is 0 Å². The summed E-state index contributed by atoms with van der Waals surface area (Å²) in [7, 11) is 4.85. The van der Waals surface area contributed by atoms with Crippen molar-refractivity contribution in [3.05, 3.63) is 83.4 Å². The molecule has 2 unspecified atom stereocenters. The second-order valence-corrected chi connectivity index (χ2v) is 7.27. The molecule has 1 aliphatic heterocycles. The molecule has 0 amide bonds. The van der Waals surface area contributed by atoms with Gasteiger partial charge in [0.1, 0.15) is 17.7 Å². The van der Waals surface area contributed by atoms with Crippen molar-refractivity contribution in [2.75, 3.05) is 21.3 Å². The number of phenols is 1. The number of benzene rings is 3. The number of rotatable bonds is 6. The molecule has 160 valence electrons. The van der Waals surface area contributed by atoms with Crippen molar-refractivity contribution in [2.45, 2.75) is 18.6 Å². The van der Waals surface area contributed by atoms with Gasteiger partial charge in [0, 0.05) is 29.3 Å². The summed E-state index contributed by atoms with van der Waals surface area (Å²) in [4.78, 5) is 5.01. The quantitative estimate of drug-likeness (QED) is 0.610. The normalized spacial score (nSPS) is 18.2. The van der Waals surface area contributed by atoms with E-state index in [1.54, 1.807) is 27.4 Å². The van der Waals surface area contributed by atoms with Crippen LogP contribution in [0.1, 0.15) is 35.3 Å². The van der Waals surface area contributed by atoms with Gasteiger partial charge in [-0.2, -0.15) is 0 Å². The van der Waals surface area contributed by atoms with E-state index in [0.29, 0.717) is 12.2 Å². The van der Waals surface area contributed by atoms with Crippen LogP contribution in [0.2, 0.25) is 0 Å². The average Bonchev–Trinajstić information content (AvgIpc) is 2.84. The summed E-state index contributed by atoms with van der Waals surface area (Å²) in [6, 6.07) is 21.1. The molecule has 0 spiro atoms. The lowest BCUT2D eigenvalue weighted by Gasteiger charge is -2.31. The van der Waals surface area contributed by atoms with E-state index in [2.05, 4.69) is 5.32 Å². The zero-order chi connectivity index (χ0) is 21.8. The van der Waals surface area contributed by atoms with Gasteiger partial charge in [0.05, 0.1) is 21.3 Å². The van der Waals surface area contributed by atoms with E-state index in [0.717, 1.165) is 33.9 Å². The van der Waals surface area contributed by atoms with Crippen LogP contribution in [-0.4, -0.2) is 32.1 Å². The minimum atomic E-state index is -0.336. The Morgan fingerprint density at radius 2 is 1.48 bits per heavy atom. The van der Waals surface area contributed by atoms with Crippen LogP contribution in [0.5, 0.6) is 23.0 Å². The van der Waals surface area contributed by atoms with Crippen LogP contribution in [0.15, 0.2) is 71.7 Å².